The minimum Gasteiger partial charge on any atom is -0.496 e. The SMILES string of the molecule is CNCCCNC(=O)c1cc(OC)c(OC)cc1OC. The molecule has 0 aromatic heterocycles. The second-order valence-corrected chi connectivity index (χ2v) is 4.12. The van der Waals surface area contributed by atoms with Crippen molar-refractivity contribution in [3.8, 4) is 17.2 Å². The third kappa shape index (κ3) is 4.03. The molecule has 6 nitrogen and oxygen atoms in total. The van der Waals surface area contributed by atoms with Crippen LogP contribution in [0.5, 0.6) is 17.2 Å². The summed E-state index contributed by atoms with van der Waals surface area (Å²) in [6.07, 6.45) is 0.859. The van der Waals surface area contributed by atoms with E-state index in [1.54, 1.807) is 12.1 Å². The molecule has 112 valence electrons. The average Bonchev–Trinajstić information content (AvgIpc) is 2.49. The van der Waals surface area contributed by atoms with Crippen LogP contribution in [0.3, 0.4) is 0 Å². The molecule has 1 aromatic carbocycles. The van der Waals surface area contributed by atoms with E-state index in [1.807, 2.05) is 7.05 Å². The lowest BCUT2D eigenvalue weighted by molar-refractivity contribution is 0.0950. The van der Waals surface area contributed by atoms with E-state index in [4.69, 9.17) is 14.2 Å². The molecule has 0 radical (unpaired) electrons. The van der Waals surface area contributed by atoms with Gasteiger partial charge in [-0.05, 0) is 20.0 Å². The van der Waals surface area contributed by atoms with E-state index in [2.05, 4.69) is 10.6 Å². The lowest BCUT2D eigenvalue weighted by Crippen LogP contribution is -2.27. The van der Waals surface area contributed by atoms with Crippen LogP contribution in [0.2, 0.25) is 0 Å². The van der Waals surface area contributed by atoms with E-state index in [1.165, 1.54) is 21.3 Å². The molecular formula is C14H22N2O4. The van der Waals surface area contributed by atoms with Gasteiger partial charge in [0.15, 0.2) is 11.5 Å². The Hall–Kier alpha value is -1.95. The van der Waals surface area contributed by atoms with Gasteiger partial charge in [-0.2, -0.15) is 0 Å². The Morgan fingerprint density at radius 2 is 1.60 bits per heavy atom. The molecule has 0 aliphatic rings. The van der Waals surface area contributed by atoms with Gasteiger partial charge in [0.2, 0.25) is 0 Å². The highest BCUT2D eigenvalue weighted by molar-refractivity contribution is 5.97. The van der Waals surface area contributed by atoms with E-state index in [-0.39, 0.29) is 5.91 Å². The predicted octanol–water partition coefficient (Wildman–Crippen LogP) is 1.05. The molecule has 2 N–H and O–H groups in total. The molecule has 0 aliphatic carbocycles. The Morgan fingerprint density at radius 3 is 2.15 bits per heavy atom. The number of ether oxygens (including phenoxy) is 3. The molecule has 0 bridgehead atoms. The fourth-order valence-corrected chi connectivity index (χ4v) is 1.77. The van der Waals surface area contributed by atoms with Crippen molar-refractivity contribution in [3.63, 3.8) is 0 Å². The van der Waals surface area contributed by atoms with Crippen LogP contribution in [0, 0.1) is 0 Å². The zero-order valence-electron chi connectivity index (χ0n) is 12.4. The number of carbonyl (C=O) groups is 1. The fraction of sp³-hybridized carbons (Fsp3) is 0.500. The minimum absolute atomic E-state index is 0.195. The molecule has 0 saturated carbocycles. The number of hydrogen-bond donors (Lipinski definition) is 2. The van der Waals surface area contributed by atoms with Crippen LogP contribution >= 0.6 is 0 Å². The lowest BCUT2D eigenvalue weighted by atomic mass is 10.1. The van der Waals surface area contributed by atoms with Crippen LogP contribution in [0.15, 0.2) is 12.1 Å². The maximum absolute atomic E-state index is 12.1. The zero-order chi connectivity index (χ0) is 15.0. The van der Waals surface area contributed by atoms with Crippen LogP contribution in [0.4, 0.5) is 0 Å². The smallest absolute Gasteiger partial charge is 0.255 e. The minimum atomic E-state index is -0.195. The van der Waals surface area contributed by atoms with Gasteiger partial charge in [0.1, 0.15) is 5.75 Å². The summed E-state index contributed by atoms with van der Waals surface area (Å²) in [5, 5.41) is 5.87. The van der Waals surface area contributed by atoms with Crippen molar-refractivity contribution >= 4 is 5.91 Å². The van der Waals surface area contributed by atoms with Crippen molar-refractivity contribution in [1.29, 1.82) is 0 Å². The highest BCUT2D eigenvalue weighted by Gasteiger charge is 2.17. The topological polar surface area (TPSA) is 68.8 Å². The highest BCUT2D eigenvalue weighted by atomic mass is 16.5. The van der Waals surface area contributed by atoms with Crippen LogP contribution in [-0.2, 0) is 0 Å². The molecule has 0 fully saturated rings. The number of methoxy groups -OCH3 is 3. The number of amides is 1. The van der Waals surface area contributed by atoms with Gasteiger partial charge in [-0.25, -0.2) is 0 Å². The van der Waals surface area contributed by atoms with Gasteiger partial charge in [-0.3, -0.25) is 4.79 Å². The van der Waals surface area contributed by atoms with E-state index in [0.29, 0.717) is 29.4 Å². The van der Waals surface area contributed by atoms with Crippen LogP contribution in [0.25, 0.3) is 0 Å². The zero-order valence-corrected chi connectivity index (χ0v) is 12.4. The van der Waals surface area contributed by atoms with Crippen molar-refractivity contribution in [2.75, 3.05) is 41.5 Å². The molecule has 1 rings (SSSR count). The molecule has 6 heteroatoms. The van der Waals surface area contributed by atoms with Crippen molar-refractivity contribution in [3.05, 3.63) is 17.7 Å². The molecular weight excluding hydrogens is 260 g/mol. The average molecular weight is 282 g/mol. The molecule has 20 heavy (non-hydrogen) atoms. The van der Waals surface area contributed by atoms with Gasteiger partial charge in [-0.15, -0.1) is 0 Å². The molecule has 0 aliphatic heterocycles. The third-order valence-corrected chi connectivity index (χ3v) is 2.84. The molecule has 0 atom stereocenters. The molecule has 0 unspecified atom stereocenters. The Morgan fingerprint density at radius 1 is 1.00 bits per heavy atom. The molecule has 1 aromatic rings. The standard InChI is InChI=1S/C14H22N2O4/c1-15-6-5-7-16-14(17)10-8-12(19-3)13(20-4)9-11(10)18-2/h8-9,15H,5-7H2,1-4H3,(H,16,17). The number of carbonyl (C=O) groups excluding carboxylic acids is 1. The molecule has 1 amide bonds. The van der Waals surface area contributed by atoms with Crippen molar-refractivity contribution in [2.45, 2.75) is 6.42 Å². The largest absolute Gasteiger partial charge is 0.496 e. The Balaban J connectivity index is 2.89. The molecule has 0 saturated heterocycles. The predicted molar refractivity (Wildman–Crippen MR) is 77.0 cm³/mol. The summed E-state index contributed by atoms with van der Waals surface area (Å²) in [5.74, 6) is 1.28. The Bertz CT molecular complexity index is 449. The van der Waals surface area contributed by atoms with Gasteiger partial charge in [0.25, 0.3) is 5.91 Å². The van der Waals surface area contributed by atoms with E-state index >= 15 is 0 Å². The summed E-state index contributed by atoms with van der Waals surface area (Å²) in [7, 11) is 6.45. The van der Waals surface area contributed by atoms with Gasteiger partial charge < -0.3 is 24.8 Å². The first kappa shape index (κ1) is 16.1. The highest BCUT2D eigenvalue weighted by Crippen LogP contribution is 2.34. The Labute approximate surface area is 119 Å². The normalized spacial score (nSPS) is 10.0. The fourth-order valence-electron chi connectivity index (χ4n) is 1.77. The molecule has 0 heterocycles. The van der Waals surface area contributed by atoms with Crippen LogP contribution < -0.4 is 24.8 Å². The number of nitrogens with one attached hydrogen (secondary N) is 2. The van der Waals surface area contributed by atoms with E-state index in [0.717, 1.165) is 13.0 Å². The summed E-state index contributed by atoms with van der Waals surface area (Å²) in [6, 6.07) is 3.26. The second-order valence-electron chi connectivity index (χ2n) is 4.12. The summed E-state index contributed by atoms with van der Waals surface area (Å²) in [4.78, 5) is 12.1. The summed E-state index contributed by atoms with van der Waals surface area (Å²) < 4.78 is 15.6. The maximum Gasteiger partial charge on any atom is 0.255 e. The molecule has 0 spiro atoms. The first-order valence-electron chi connectivity index (χ1n) is 6.40. The monoisotopic (exact) mass is 282 g/mol. The third-order valence-electron chi connectivity index (χ3n) is 2.84. The first-order valence-corrected chi connectivity index (χ1v) is 6.40. The van der Waals surface area contributed by atoms with Gasteiger partial charge in [0, 0.05) is 18.7 Å². The Kier molecular flexibility index (Phi) is 6.66. The van der Waals surface area contributed by atoms with Gasteiger partial charge in [-0.1, -0.05) is 0 Å². The van der Waals surface area contributed by atoms with Crippen LogP contribution in [0.1, 0.15) is 16.8 Å². The summed E-state index contributed by atoms with van der Waals surface area (Å²) >= 11 is 0. The van der Waals surface area contributed by atoms with Crippen molar-refractivity contribution < 1.29 is 19.0 Å². The second kappa shape index (κ2) is 8.27. The summed E-state index contributed by atoms with van der Waals surface area (Å²) in [6.45, 7) is 1.44. The van der Waals surface area contributed by atoms with E-state index < -0.39 is 0 Å². The number of benzene rings is 1. The van der Waals surface area contributed by atoms with Gasteiger partial charge in [0.05, 0.1) is 26.9 Å². The van der Waals surface area contributed by atoms with Crippen molar-refractivity contribution in [1.82, 2.24) is 10.6 Å². The van der Waals surface area contributed by atoms with E-state index in [9.17, 15) is 4.79 Å². The quantitative estimate of drug-likeness (QED) is 0.698. The maximum atomic E-state index is 12.1. The summed E-state index contributed by atoms with van der Waals surface area (Å²) in [5.41, 5.74) is 0.426. The van der Waals surface area contributed by atoms with Crippen molar-refractivity contribution in [2.24, 2.45) is 0 Å². The van der Waals surface area contributed by atoms with Crippen LogP contribution in [-0.4, -0.2) is 47.4 Å². The lowest BCUT2D eigenvalue weighted by Gasteiger charge is -2.14. The number of rotatable bonds is 8. The van der Waals surface area contributed by atoms with Gasteiger partial charge >= 0.3 is 0 Å². The number of hydrogen-bond acceptors (Lipinski definition) is 5. The first-order chi connectivity index (χ1) is 9.67.